The van der Waals surface area contributed by atoms with Gasteiger partial charge in [-0.15, -0.1) is 0 Å². The van der Waals surface area contributed by atoms with Gasteiger partial charge in [0, 0.05) is 61.8 Å². The largest absolute Gasteiger partial charge is 0.507 e. The van der Waals surface area contributed by atoms with Crippen molar-refractivity contribution in [2.45, 2.75) is 144 Å². The van der Waals surface area contributed by atoms with Crippen LogP contribution in [0.15, 0.2) is 48.5 Å². The number of phenols is 2. The highest BCUT2D eigenvalue weighted by Gasteiger charge is 2.29. The van der Waals surface area contributed by atoms with Crippen molar-refractivity contribution in [1.29, 1.82) is 0 Å². The Morgan fingerprint density at radius 2 is 0.593 bits per heavy atom. The minimum Gasteiger partial charge on any atom is -0.507 e. The number of phenolic OH excluding ortho intramolecular Hbond substituents is 2. The lowest BCUT2D eigenvalue weighted by Gasteiger charge is -2.27. The summed E-state index contributed by atoms with van der Waals surface area (Å²) in [5.74, 6) is 0.320. The number of aromatic hydroxyl groups is 2. The van der Waals surface area contributed by atoms with Crippen molar-refractivity contribution in [2.24, 2.45) is 0 Å². The van der Waals surface area contributed by atoms with Crippen LogP contribution in [0, 0.1) is 0 Å². The number of rotatable bonds is 2. The predicted molar refractivity (Wildman–Crippen MR) is 218 cm³/mol. The Morgan fingerprint density at radius 3 is 0.759 bits per heavy atom. The third-order valence-corrected chi connectivity index (χ3v) is 10.5. The second-order valence-corrected chi connectivity index (χ2v) is 19.4. The van der Waals surface area contributed by atoms with Crippen molar-refractivity contribution < 1.29 is 29.3 Å². The van der Waals surface area contributed by atoms with Gasteiger partial charge in [0.05, 0.1) is 0 Å². The summed E-state index contributed by atoms with van der Waals surface area (Å²) in [5, 5.41) is 24.4. The van der Waals surface area contributed by atoms with Crippen LogP contribution in [0.2, 0.25) is 0 Å². The smallest absolute Gasteiger partial charge is 0.308 e. The molecule has 5 rings (SSSR count). The van der Waals surface area contributed by atoms with E-state index in [9.17, 15) is 19.8 Å². The first kappa shape index (κ1) is 40.6. The van der Waals surface area contributed by atoms with E-state index < -0.39 is 11.9 Å². The highest BCUT2D eigenvalue weighted by molar-refractivity contribution is 5.72. The summed E-state index contributed by atoms with van der Waals surface area (Å²) in [6, 6.07) is 16.6. The Kier molecular flexibility index (Phi) is 10.7. The van der Waals surface area contributed by atoms with Gasteiger partial charge in [-0.1, -0.05) is 132 Å². The minimum absolute atomic E-state index is 0.153. The Morgan fingerprint density at radius 1 is 0.407 bits per heavy atom. The van der Waals surface area contributed by atoms with E-state index in [2.05, 4.69) is 132 Å². The molecule has 0 atom stereocenters. The summed E-state index contributed by atoms with van der Waals surface area (Å²) in [4.78, 5) is 25.6. The van der Waals surface area contributed by atoms with E-state index in [-0.39, 0.29) is 33.2 Å². The molecule has 1 aliphatic carbocycles. The van der Waals surface area contributed by atoms with Crippen molar-refractivity contribution in [1.82, 2.24) is 0 Å². The first-order valence-corrected chi connectivity index (χ1v) is 19.1. The molecule has 0 spiro atoms. The highest BCUT2D eigenvalue weighted by Crippen LogP contribution is 2.43. The van der Waals surface area contributed by atoms with Crippen molar-refractivity contribution in [3.05, 3.63) is 115 Å². The van der Waals surface area contributed by atoms with Gasteiger partial charge in [-0.3, -0.25) is 9.59 Å². The first-order valence-electron chi connectivity index (χ1n) is 19.1. The monoisotopic (exact) mass is 732 g/mol. The van der Waals surface area contributed by atoms with E-state index in [0.717, 1.165) is 44.5 Å². The molecule has 54 heavy (non-hydrogen) atoms. The van der Waals surface area contributed by atoms with E-state index in [1.54, 1.807) is 0 Å². The van der Waals surface area contributed by atoms with Gasteiger partial charge in [-0.05, 0) is 66.2 Å². The maximum absolute atomic E-state index is 12.8. The van der Waals surface area contributed by atoms with Crippen LogP contribution in [0.3, 0.4) is 0 Å². The molecule has 8 bridgehead atoms. The Balaban J connectivity index is 1.97. The Hall–Kier alpha value is -4.58. The molecule has 0 amide bonds. The summed E-state index contributed by atoms with van der Waals surface area (Å²) in [7, 11) is 0. The average Bonchev–Trinajstić information content (AvgIpc) is 3.00. The van der Waals surface area contributed by atoms with Crippen molar-refractivity contribution in [3.63, 3.8) is 0 Å². The lowest BCUT2D eigenvalue weighted by molar-refractivity contribution is -0.132. The average molecular weight is 733 g/mol. The number of fused-ring (bicyclic) bond motifs is 8. The molecule has 6 heteroatoms. The third-order valence-electron chi connectivity index (χ3n) is 10.5. The van der Waals surface area contributed by atoms with E-state index in [4.69, 9.17) is 9.47 Å². The van der Waals surface area contributed by atoms with E-state index >= 15 is 0 Å². The summed E-state index contributed by atoms with van der Waals surface area (Å²) in [5.41, 5.74) is 9.11. The zero-order valence-corrected chi connectivity index (χ0v) is 35.0. The Bertz CT molecular complexity index is 1870. The van der Waals surface area contributed by atoms with E-state index in [1.165, 1.54) is 13.8 Å². The number of benzene rings is 4. The summed E-state index contributed by atoms with van der Waals surface area (Å²) >= 11 is 0. The Labute approximate surface area is 322 Å². The van der Waals surface area contributed by atoms with Crippen molar-refractivity contribution in [3.8, 4) is 23.0 Å². The zero-order chi connectivity index (χ0) is 40.3. The van der Waals surface area contributed by atoms with E-state index in [0.29, 0.717) is 59.4 Å². The third kappa shape index (κ3) is 8.86. The van der Waals surface area contributed by atoms with Crippen molar-refractivity contribution in [2.75, 3.05) is 0 Å². The van der Waals surface area contributed by atoms with Gasteiger partial charge in [0.2, 0.25) is 0 Å². The van der Waals surface area contributed by atoms with Gasteiger partial charge in [0.15, 0.2) is 0 Å². The molecule has 4 aromatic carbocycles. The summed E-state index contributed by atoms with van der Waals surface area (Å²) in [6.45, 7) is 28.6. The maximum atomic E-state index is 12.8. The van der Waals surface area contributed by atoms with Crippen LogP contribution in [0.25, 0.3) is 0 Å². The van der Waals surface area contributed by atoms with Crippen LogP contribution in [-0.2, 0) is 56.9 Å². The molecule has 2 N–H and O–H groups in total. The fourth-order valence-electron chi connectivity index (χ4n) is 7.20. The fourth-order valence-corrected chi connectivity index (χ4v) is 7.20. The topological polar surface area (TPSA) is 93.1 Å². The molecule has 0 aliphatic heterocycles. The summed E-state index contributed by atoms with van der Waals surface area (Å²) < 4.78 is 12.2. The lowest BCUT2D eigenvalue weighted by Crippen LogP contribution is -2.17. The number of esters is 2. The quantitative estimate of drug-likeness (QED) is 0.139. The highest BCUT2D eigenvalue weighted by atomic mass is 16.5. The van der Waals surface area contributed by atoms with E-state index in [1.807, 2.05) is 0 Å². The van der Waals surface area contributed by atoms with Gasteiger partial charge in [-0.2, -0.15) is 0 Å². The molecule has 0 saturated carbocycles. The summed E-state index contributed by atoms with van der Waals surface area (Å²) in [6.07, 6.45) is 1.19. The predicted octanol–water partition coefficient (Wildman–Crippen LogP) is 10.8. The number of carbonyl (C=O) groups excluding carboxylic acids is 2. The molecule has 0 saturated heterocycles. The van der Waals surface area contributed by atoms with Gasteiger partial charge in [-0.25, -0.2) is 0 Å². The van der Waals surface area contributed by atoms with Gasteiger partial charge < -0.3 is 19.7 Å². The van der Waals surface area contributed by atoms with Crippen LogP contribution < -0.4 is 9.47 Å². The van der Waals surface area contributed by atoms with Crippen LogP contribution in [-0.4, -0.2) is 22.2 Å². The second kappa shape index (κ2) is 14.2. The maximum Gasteiger partial charge on any atom is 0.308 e. The van der Waals surface area contributed by atoms with Crippen LogP contribution >= 0.6 is 0 Å². The normalized spacial score (nSPS) is 13.7. The standard InChI is InChI=1S/C48H60O6/c1-27(49)53-43-33-15-29-19-37(45(3,4)5)21-31(41(29)51)17-35-25-40(48(12,13)14)26-36(44(35)54-28(2)50)18-32-22-38(46(6,7)8)20-30(42(32)52)16-34(43)24-39(23-33)47(9,10)11/h19-26,51-52H,15-18H2,1-14H3. The number of hydrogen-bond acceptors (Lipinski definition) is 6. The van der Waals surface area contributed by atoms with Crippen LogP contribution in [0.5, 0.6) is 23.0 Å². The molecule has 0 aromatic heterocycles. The molecule has 0 heterocycles. The molecule has 4 aromatic rings. The number of ether oxygens (including phenoxy) is 2. The van der Waals surface area contributed by atoms with Gasteiger partial charge in [0.25, 0.3) is 0 Å². The number of carbonyl (C=O) groups is 2. The molecule has 288 valence electrons. The first-order chi connectivity index (χ1) is 24.7. The number of hydrogen-bond donors (Lipinski definition) is 2. The molecule has 0 unspecified atom stereocenters. The minimum atomic E-state index is -0.441. The molecule has 6 nitrogen and oxygen atoms in total. The molecular weight excluding hydrogens is 673 g/mol. The van der Waals surface area contributed by atoms with Crippen molar-refractivity contribution >= 4 is 11.9 Å². The lowest BCUT2D eigenvalue weighted by atomic mass is 9.79. The molecular formula is C48H60O6. The molecule has 0 fully saturated rings. The fraction of sp³-hybridized carbons (Fsp3) is 0.458. The van der Waals surface area contributed by atoms with Crippen LogP contribution in [0.1, 0.15) is 164 Å². The van der Waals surface area contributed by atoms with Gasteiger partial charge in [0.1, 0.15) is 23.0 Å². The van der Waals surface area contributed by atoms with Gasteiger partial charge >= 0.3 is 11.9 Å². The SMILES string of the molecule is CC(=O)Oc1c2cc(C(C)(C)C)cc1Cc1cc(C(C)(C)C)cc(c1O)Cc1cc(C(C)(C)C)cc(c1OC(C)=O)Cc1cc(C(C)(C)C)cc(c1O)C2. The zero-order valence-electron chi connectivity index (χ0n) is 35.0. The molecule has 0 radical (unpaired) electrons. The molecule has 1 aliphatic rings. The van der Waals surface area contributed by atoms with Crippen LogP contribution in [0.4, 0.5) is 0 Å². The second-order valence-electron chi connectivity index (χ2n) is 19.4.